The quantitative estimate of drug-likeness (QED) is 0.457. The van der Waals surface area contributed by atoms with Crippen LogP contribution in [0.15, 0.2) is 65.3 Å². The molecule has 2 aromatic carbocycles. The first kappa shape index (κ1) is 17.4. The first-order valence-corrected chi connectivity index (χ1v) is 8.04. The Hall–Kier alpha value is -3.41. The summed E-state index contributed by atoms with van der Waals surface area (Å²) in [6.07, 6.45) is 3.26. The minimum atomic E-state index is -0.185. The number of benzene rings is 2. The van der Waals surface area contributed by atoms with Gasteiger partial charge in [-0.25, -0.2) is 0 Å². The Kier molecular flexibility index (Phi) is 5.12. The Bertz CT molecular complexity index is 903. The van der Waals surface area contributed by atoms with Gasteiger partial charge in [0.05, 0.1) is 26.1 Å². The lowest BCUT2D eigenvalue weighted by molar-refractivity contribution is -0.112. The molecular formula is C20H19N3O3. The van der Waals surface area contributed by atoms with Crippen LogP contribution >= 0.6 is 0 Å². The van der Waals surface area contributed by atoms with Crippen molar-refractivity contribution in [1.82, 2.24) is 0 Å². The summed E-state index contributed by atoms with van der Waals surface area (Å²) >= 11 is 0. The lowest BCUT2D eigenvalue weighted by Crippen LogP contribution is -2.30. The molecule has 0 radical (unpaired) electrons. The molecule has 0 atom stereocenters. The van der Waals surface area contributed by atoms with Crippen LogP contribution in [0.25, 0.3) is 0 Å². The van der Waals surface area contributed by atoms with E-state index >= 15 is 0 Å². The molecule has 0 saturated heterocycles. The highest BCUT2D eigenvalue weighted by Gasteiger charge is 2.32. The summed E-state index contributed by atoms with van der Waals surface area (Å²) in [5.74, 6) is 1.05. The van der Waals surface area contributed by atoms with Crippen molar-refractivity contribution in [3.8, 4) is 11.5 Å². The van der Waals surface area contributed by atoms with Gasteiger partial charge in [-0.1, -0.05) is 24.3 Å². The molecule has 0 fully saturated rings. The lowest BCUT2D eigenvalue weighted by Gasteiger charge is -2.13. The normalized spacial score (nSPS) is 14.8. The summed E-state index contributed by atoms with van der Waals surface area (Å²) in [6, 6.07) is 12.9. The number of fused-ring (bicyclic) bond motifs is 1. The van der Waals surface area contributed by atoms with Crippen LogP contribution in [0.5, 0.6) is 11.5 Å². The molecule has 26 heavy (non-hydrogen) atoms. The fourth-order valence-electron chi connectivity index (χ4n) is 2.76. The van der Waals surface area contributed by atoms with Crippen molar-refractivity contribution in [1.29, 1.82) is 0 Å². The number of carbonyl (C=O) groups excluding carboxylic acids is 1. The molecule has 1 heterocycles. The second kappa shape index (κ2) is 7.65. The number of hydrogen-bond acceptors (Lipinski definition) is 5. The maximum absolute atomic E-state index is 12.6. The fourth-order valence-corrected chi connectivity index (χ4v) is 2.76. The van der Waals surface area contributed by atoms with Crippen molar-refractivity contribution in [2.75, 3.05) is 25.7 Å². The number of amides is 1. The molecule has 6 nitrogen and oxygen atoms in total. The largest absolute Gasteiger partial charge is 0.493 e. The zero-order valence-corrected chi connectivity index (χ0v) is 14.7. The van der Waals surface area contributed by atoms with Gasteiger partial charge in [-0.15, -0.1) is 11.7 Å². The third-order valence-electron chi connectivity index (χ3n) is 3.98. The van der Waals surface area contributed by atoms with E-state index in [-0.39, 0.29) is 5.91 Å². The first-order chi connectivity index (χ1) is 12.7. The number of carbonyl (C=O) groups is 1. The van der Waals surface area contributed by atoms with E-state index in [0.717, 1.165) is 16.8 Å². The van der Waals surface area contributed by atoms with Crippen LogP contribution < -0.4 is 14.4 Å². The Labute approximate surface area is 152 Å². The fraction of sp³-hybridized carbons (Fsp3) is 0.150. The van der Waals surface area contributed by atoms with Gasteiger partial charge in [0.25, 0.3) is 5.91 Å². The van der Waals surface area contributed by atoms with Gasteiger partial charge < -0.3 is 14.4 Å². The second-order valence-corrected chi connectivity index (χ2v) is 5.53. The molecule has 6 heteroatoms. The van der Waals surface area contributed by atoms with Gasteiger partial charge in [0, 0.05) is 12.1 Å². The van der Waals surface area contributed by atoms with Gasteiger partial charge in [-0.3, -0.25) is 4.79 Å². The van der Waals surface area contributed by atoms with Crippen LogP contribution in [0.2, 0.25) is 0 Å². The first-order valence-electron chi connectivity index (χ1n) is 8.04. The van der Waals surface area contributed by atoms with Crippen molar-refractivity contribution < 1.29 is 14.3 Å². The Morgan fingerprint density at radius 1 is 1.12 bits per heavy atom. The SMILES string of the molecule is C=CCN1C(=O)/C(=N\N=C/c2ccc(OC)c(OC)c2)c2ccccc21. The van der Waals surface area contributed by atoms with E-state index in [4.69, 9.17) is 9.47 Å². The molecule has 1 aliphatic rings. The van der Waals surface area contributed by atoms with Gasteiger partial charge in [-0.2, -0.15) is 5.10 Å². The van der Waals surface area contributed by atoms with Gasteiger partial charge >= 0.3 is 0 Å². The van der Waals surface area contributed by atoms with Crippen LogP contribution in [-0.4, -0.2) is 38.6 Å². The van der Waals surface area contributed by atoms with E-state index in [9.17, 15) is 4.79 Å². The van der Waals surface area contributed by atoms with E-state index in [1.54, 1.807) is 43.5 Å². The summed E-state index contributed by atoms with van der Waals surface area (Å²) in [7, 11) is 3.15. The maximum atomic E-state index is 12.6. The number of ether oxygens (including phenoxy) is 2. The van der Waals surface area contributed by atoms with Crippen molar-refractivity contribution in [3.05, 3.63) is 66.2 Å². The van der Waals surface area contributed by atoms with Crippen molar-refractivity contribution in [2.45, 2.75) is 0 Å². The molecule has 132 valence electrons. The van der Waals surface area contributed by atoms with Crippen LogP contribution in [0.4, 0.5) is 5.69 Å². The van der Waals surface area contributed by atoms with Crippen LogP contribution in [0, 0.1) is 0 Å². The number of hydrogen-bond donors (Lipinski definition) is 0. The number of methoxy groups -OCH3 is 2. The van der Waals surface area contributed by atoms with Crippen LogP contribution in [0.1, 0.15) is 11.1 Å². The van der Waals surface area contributed by atoms with Gasteiger partial charge in [0.1, 0.15) is 0 Å². The third kappa shape index (κ3) is 3.21. The molecule has 1 amide bonds. The van der Waals surface area contributed by atoms with E-state index in [1.807, 2.05) is 30.3 Å². The van der Waals surface area contributed by atoms with Crippen LogP contribution in [0.3, 0.4) is 0 Å². The smallest absolute Gasteiger partial charge is 0.279 e. The average Bonchev–Trinajstić information content (AvgIpc) is 2.94. The molecule has 0 aromatic heterocycles. The van der Waals surface area contributed by atoms with Crippen LogP contribution in [-0.2, 0) is 4.79 Å². The maximum Gasteiger partial charge on any atom is 0.279 e. The minimum absolute atomic E-state index is 0.185. The van der Waals surface area contributed by atoms with E-state index in [0.29, 0.717) is 23.8 Å². The topological polar surface area (TPSA) is 63.5 Å². The molecule has 1 aliphatic heterocycles. The standard InChI is InChI=1S/C20H19N3O3/c1-4-11-23-16-8-6-5-7-15(16)19(20(23)24)22-21-13-14-9-10-17(25-2)18(12-14)26-3/h4-10,12-13H,1,11H2,2-3H3/b21-13-,22-19-. The van der Waals surface area contributed by atoms with Crippen molar-refractivity contribution in [3.63, 3.8) is 0 Å². The summed E-state index contributed by atoms with van der Waals surface area (Å²) in [5, 5.41) is 8.25. The third-order valence-corrected chi connectivity index (χ3v) is 3.98. The number of anilines is 1. The molecule has 0 saturated carbocycles. The van der Waals surface area contributed by atoms with E-state index < -0.39 is 0 Å². The second-order valence-electron chi connectivity index (χ2n) is 5.53. The predicted octanol–water partition coefficient (Wildman–Crippen LogP) is 3.06. The molecule has 0 unspecified atom stereocenters. The molecule has 0 aliphatic carbocycles. The summed E-state index contributed by atoms with van der Waals surface area (Å²) < 4.78 is 10.5. The number of nitrogens with zero attached hydrogens (tertiary/aromatic N) is 3. The molecular weight excluding hydrogens is 330 g/mol. The Balaban J connectivity index is 1.90. The summed E-state index contributed by atoms with van der Waals surface area (Å²) in [6.45, 7) is 4.13. The highest BCUT2D eigenvalue weighted by Crippen LogP contribution is 2.29. The van der Waals surface area contributed by atoms with Crippen molar-refractivity contribution in [2.24, 2.45) is 10.2 Å². The van der Waals surface area contributed by atoms with Gasteiger partial charge in [0.15, 0.2) is 17.2 Å². The zero-order valence-electron chi connectivity index (χ0n) is 14.7. The minimum Gasteiger partial charge on any atom is -0.493 e. The Morgan fingerprint density at radius 2 is 1.88 bits per heavy atom. The van der Waals surface area contributed by atoms with E-state index in [2.05, 4.69) is 16.8 Å². The molecule has 0 spiro atoms. The summed E-state index contributed by atoms with van der Waals surface area (Å²) in [5.41, 5.74) is 2.69. The predicted molar refractivity (Wildman–Crippen MR) is 103 cm³/mol. The lowest BCUT2D eigenvalue weighted by atomic mass is 10.1. The van der Waals surface area contributed by atoms with Gasteiger partial charge in [-0.05, 0) is 29.8 Å². The summed E-state index contributed by atoms with van der Waals surface area (Å²) in [4.78, 5) is 14.2. The average molecular weight is 349 g/mol. The van der Waals surface area contributed by atoms with Crippen molar-refractivity contribution >= 4 is 23.5 Å². The highest BCUT2D eigenvalue weighted by atomic mass is 16.5. The number of rotatable bonds is 6. The molecule has 3 rings (SSSR count). The highest BCUT2D eigenvalue weighted by molar-refractivity contribution is 6.54. The monoisotopic (exact) mass is 349 g/mol. The Morgan fingerprint density at radius 3 is 2.62 bits per heavy atom. The van der Waals surface area contributed by atoms with E-state index in [1.165, 1.54) is 0 Å². The molecule has 0 bridgehead atoms. The molecule has 2 aromatic rings. The number of para-hydroxylation sites is 1. The zero-order chi connectivity index (χ0) is 18.5. The van der Waals surface area contributed by atoms with Gasteiger partial charge in [0.2, 0.25) is 0 Å². The molecule has 0 N–H and O–H groups in total.